The molecule has 0 heterocycles. The second-order valence-electron chi connectivity index (χ2n) is 3.53. The molecule has 0 aliphatic heterocycles. The predicted octanol–water partition coefficient (Wildman–Crippen LogP) is 1.67. The highest BCUT2D eigenvalue weighted by atomic mass is 35.5. The van der Waals surface area contributed by atoms with Crippen LogP contribution in [0.25, 0.3) is 0 Å². The fraction of sp³-hybridized carbons (Fsp3) is 0.364. The van der Waals surface area contributed by atoms with Crippen LogP contribution in [0.3, 0.4) is 0 Å². The molecule has 0 aliphatic carbocycles. The molecule has 4 nitrogen and oxygen atoms in total. The molecule has 0 aliphatic rings. The van der Waals surface area contributed by atoms with Gasteiger partial charge in [-0.05, 0) is 24.6 Å². The van der Waals surface area contributed by atoms with Crippen molar-refractivity contribution < 1.29 is 18.3 Å². The van der Waals surface area contributed by atoms with Crippen LogP contribution in [0.4, 0.5) is 8.78 Å². The van der Waals surface area contributed by atoms with Gasteiger partial charge in [0.2, 0.25) is 5.91 Å². The maximum atomic E-state index is 11.9. The number of rotatable bonds is 5. The van der Waals surface area contributed by atoms with Gasteiger partial charge in [0.25, 0.3) is 0 Å². The summed E-state index contributed by atoms with van der Waals surface area (Å²) in [5.74, 6) is -0.180. The van der Waals surface area contributed by atoms with Crippen molar-refractivity contribution >= 4 is 18.3 Å². The zero-order chi connectivity index (χ0) is 12.8. The van der Waals surface area contributed by atoms with Crippen molar-refractivity contribution in [2.45, 2.75) is 26.1 Å². The van der Waals surface area contributed by atoms with Gasteiger partial charge < -0.3 is 15.8 Å². The van der Waals surface area contributed by atoms with Crippen LogP contribution in [0.15, 0.2) is 24.3 Å². The summed E-state index contributed by atoms with van der Waals surface area (Å²) >= 11 is 0. The standard InChI is InChI=1S/C11H14F2N2O2.ClH/c1-7(14)10(16)15-6-8-2-4-9(5-3-8)17-11(12)13;/h2-5,7,11H,6,14H2,1H3,(H,15,16);1H. The Hall–Kier alpha value is -1.40. The van der Waals surface area contributed by atoms with Crippen molar-refractivity contribution in [3.8, 4) is 5.75 Å². The van der Waals surface area contributed by atoms with Gasteiger partial charge in [0.05, 0.1) is 6.04 Å². The van der Waals surface area contributed by atoms with Gasteiger partial charge in [0.15, 0.2) is 0 Å². The molecule has 1 atom stereocenters. The minimum Gasteiger partial charge on any atom is -0.435 e. The first-order valence-electron chi connectivity index (χ1n) is 5.06. The molecule has 1 amide bonds. The van der Waals surface area contributed by atoms with E-state index >= 15 is 0 Å². The number of hydrogen-bond acceptors (Lipinski definition) is 3. The molecular weight excluding hydrogens is 266 g/mol. The number of nitrogens with two attached hydrogens (primary N) is 1. The molecule has 7 heteroatoms. The maximum Gasteiger partial charge on any atom is 0.387 e. The van der Waals surface area contributed by atoms with E-state index in [2.05, 4.69) is 10.1 Å². The van der Waals surface area contributed by atoms with E-state index in [4.69, 9.17) is 5.73 Å². The molecule has 0 radical (unpaired) electrons. The lowest BCUT2D eigenvalue weighted by atomic mass is 10.2. The van der Waals surface area contributed by atoms with Crippen molar-refractivity contribution in [3.63, 3.8) is 0 Å². The monoisotopic (exact) mass is 280 g/mol. The van der Waals surface area contributed by atoms with Crippen molar-refractivity contribution in [2.75, 3.05) is 0 Å². The Balaban J connectivity index is 0.00000289. The molecule has 1 aromatic rings. The number of nitrogens with one attached hydrogen (secondary N) is 1. The van der Waals surface area contributed by atoms with Gasteiger partial charge in [0, 0.05) is 6.54 Å². The normalized spacial score (nSPS) is 11.6. The van der Waals surface area contributed by atoms with Crippen molar-refractivity contribution in [3.05, 3.63) is 29.8 Å². The number of halogens is 3. The summed E-state index contributed by atoms with van der Waals surface area (Å²) in [6, 6.07) is 5.45. The van der Waals surface area contributed by atoms with E-state index in [1.54, 1.807) is 19.1 Å². The minimum atomic E-state index is -2.83. The number of amides is 1. The summed E-state index contributed by atoms with van der Waals surface area (Å²) < 4.78 is 27.9. The summed E-state index contributed by atoms with van der Waals surface area (Å²) in [5, 5.41) is 2.61. The summed E-state index contributed by atoms with van der Waals surface area (Å²) in [5.41, 5.74) is 6.14. The van der Waals surface area contributed by atoms with Crippen LogP contribution in [0, 0.1) is 0 Å². The van der Waals surface area contributed by atoms with Gasteiger partial charge in [-0.1, -0.05) is 12.1 Å². The molecule has 102 valence electrons. The first kappa shape index (κ1) is 16.6. The van der Waals surface area contributed by atoms with E-state index in [-0.39, 0.29) is 24.1 Å². The SMILES string of the molecule is CC(N)C(=O)NCc1ccc(OC(F)F)cc1.Cl. The summed E-state index contributed by atoms with van der Waals surface area (Å²) in [6.07, 6.45) is 0. The molecule has 0 bridgehead atoms. The van der Waals surface area contributed by atoms with Gasteiger partial charge >= 0.3 is 6.61 Å². The maximum absolute atomic E-state index is 11.9. The smallest absolute Gasteiger partial charge is 0.387 e. The first-order valence-corrected chi connectivity index (χ1v) is 5.06. The predicted molar refractivity (Wildman–Crippen MR) is 65.8 cm³/mol. The Morgan fingerprint density at radius 2 is 1.94 bits per heavy atom. The minimum absolute atomic E-state index is 0. The van der Waals surface area contributed by atoms with Gasteiger partial charge in [0.1, 0.15) is 5.75 Å². The molecule has 1 rings (SSSR count). The molecule has 0 aromatic heterocycles. The van der Waals surface area contributed by atoms with Crippen LogP contribution in [0.1, 0.15) is 12.5 Å². The van der Waals surface area contributed by atoms with Crippen LogP contribution in [-0.4, -0.2) is 18.6 Å². The highest BCUT2D eigenvalue weighted by Crippen LogP contribution is 2.14. The number of carbonyl (C=O) groups is 1. The average Bonchev–Trinajstić information content (AvgIpc) is 2.26. The third-order valence-electron chi connectivity index (χ3n) is 2.03. The molecule has 0 saturated heterocycles. The molecule has 0 fully saturated rings. The van der Waals surface area contributed by atoms with Crippen LogP contribution in [-0.2, 0) is 11.3 Å². The Kier molecular flexibility index (Phi) is 7.23. The van der Waals surface area contributed by atoms with E-state index in [1.165, 1.54) is 12.1 Å². The van der Waals surface area contributed by atoms with Gasteiger partial charge in [-0.3, -0.25) is 4.79 Å². The second-order valence-corrected chi connectivity index (χ2v) is 3.53. The second kappa shape index (κ2) is 7.84. The first-order chi connectivity index (χ1) is 7.99. The van der Waals surface area contributed by atoms with E-state index in [0.717, 1.165) is 5.56 Å². The van der Waals surface area contributed by atoms with Gasteiger partial charge in [-0.2, -0.15) is 8.78 Å². The molecule has 1 aromatic carbocycles. The summed E-state index contributed by atoms with van der Waals surface area (Å²) in [6.45, 7) is -0.955. The quantitative estimate of drug-likeness (QED) is 0.862. The van der Waals surface area contributed by atoms with E-state index in [0.29, 0.717) is 6.54 Å². The Morgan fingerprint density at radius 3 is 2.39 bits per heavy atom. The van der Waals surface area contributed by atoms with Crippen LogP contribution in [0.2, 0.25) is 0 Å². The number of benzene rings is 1. The average molecular weight is 281 g/mol. The Morgan fingerprint density at radius 1 is 1.39 bits per heavy atom. The van der Waals surface area contributed by atoms with Crippen LogP contribution >= 0.6 is 12.4 Å². The largest absolute Gasteiger partial charge is 0.435 e. The number of carbonyl (C=O) groups excluding carboxylic acids is 1. The Bertz CT molecular complexity index is 372. The highest BCUT2D eigenvalue weighted by molar-refractivity contribution is 5.85. The lowest BCUT2D eigenvalue weighted by molar-refractivity contribution is -0.122. The summed E-state index contributed by atoms with van der Waals surface area (Å²) in [4.78, 5) is 11.2. The van der Waals surface area contributed by atoms with E-state index < -0.39 is 12.7 Å². The number of hydrogen-bond donors (Lipinski definition) is 2. The fourth-order valence-corrected chi connectivity index (χ4v) is 1.14. The van der Waals surface area contributed by atoms with E-state index in [9.17, 15) is 13.6 Å². The highest BCUT2D eigenvalue weighted by Gasteiger charge is 2.07. The van der Waals surface area contributed by atoms with Crippen LogP contribution in [0.5, 0.6) is 5.75 Å². The molecule has 18 heavy (non-hydrogen) atoms. The lowest BCUT2D eigenvalue weighted by Gasteiger charge is -2.08. The molecule has 0 spiro atoms. The van der Waals surface area contributed by atoms with E-state index in [1.807, 2.05) is 0 Å². The Labute approximate surface area is 110 Å². The van der Waals surface area contributed by atoms with Crippen LogP contribution < -0.4 is 15.8 Å². The van der Waals surface area contributed by atoms with Gasteiger partial charge in [-0.15, -0.1) is 12.4 Å². The zero-order valence-corrected chi connectivity index (χ0v) is 10.5. The lowest BCUT2D eigenvalue weighted by Crippen LogP contribution is -2.37. The molecule has 0 saturated carbocycles. The molecular formula is C11H15ClF2N2O2. The third-order valence-corrected chi connectivity index (χ3v) is 2.03. The molecule has 3 N–H and O–H groups in total. The molecule has 1 unspecified atom stereocenters. The number of ether oxygens (including phenoxy) is 1. The van der Waals surface area contributed by atoms with Crippen molar-refractivity contribution in [1.82, 2.24) is 5.32 Å². The van der Waals surface area contributed by atoms with Crippen molar-refractivity contribution in [2.24, 2.45) is 5.73 Å². The van der Waals surface area contributed by atoms with Crippen molar-refractivity contribution in [1.29, 1.82) is 0 Å². The number of alkyl halides is 2. The summed E-state index contributed by atoms with van der Waals surface area (Å²) in [7, 11) is 0. The fourth-order valence-electron chi connectivity index (χ4n) is 1.14. The third kappa shape index (κ3) is 5.79. The topological polar surface area (TPSA) is 64.4 Å². The zero-order valence-electron chi connectivity index (χ0n) is 9.73. The van der Waals surface area contributed by atoms with Gasteiger partial charge in [-0.25, -0.2) is 0 Å².